The van der Waals surface area contributed by atoms with Crippen molar-refractivity contribution in [3.05, 3.63) is 11.3 Å². The van der Waals surface area contributed by atoms with Gasteiger partial charge in [-0.1, -0.05) is 0 Å². The molecule has 1 aromatic heterocycles. The number of nitrogens with one attached hydrogen (secondary N) is 1. The number of nitrogens with zero attached hydrogens (tertiary/aromatic N) is 2. The lowest BCUT2D eigenvalue weighted by Gasteiger charge is -2.21. The largest absolute Gasteiger partial charge is 0.477 e. The van der Waals surface area contributed by atoms with Crippen LogP contribution in [0.15, 0.2) is 0 Å². The number of hydrogen-bond donors (Lipinski definition) is 2. The Morgan fingerprint density at radius 2 is 2.28 bits per heavy atom. The zero-order valence-corrected chi connectivity index (χ0v) is 10.9. The highest BCUT2D eigenvalue weighted by molar-refractivity contribution is 5.94. The van der Waals surface area contributed by atoms with Crippen LogP contribution in [0.1, 0.15) is 35.3 Å². The zero-order valence-electron chi connectivity index (χ0n) is 10.9. The van der Waals surface area contributed by atoms with Crippen molar-refractivity contribution in [3.8, 4) is 0 Å². The normalized spacial score (nSPS) is 23.3. The monoisotopic (exact) mass is 253 g/mol. The minimum atomic E-state index is -0.949. The summed E-state index contributed by atoms with van der Waals surface area (Å²) in [6.07, 6.45) is 3.23. The molecule has 1 saturated carbocycles. The molecule has 2 atom stereocenters. The molecule has 0 bridgehead atoms. The van der Waals surface area contributed by atoms with Gasteiger partial charge in [-0.2, -0.15) is 5.10 Å². The molecule has 2 rings (SSSR count). The fourth-order valence-electron chi connectivity index (χ4n) is 2.63. The molecule has 0 saturated heterocycles. The first-order valence-corrected chi connectivity index (χ1v) is 6.10. The molecule has 2 unspecified atom stereocenters. The Morgan fingerprint density at radius 3 is 2.89 bits per heavy atom. The topological polar surface area (TPSA) is 76.4 Å². The van der Waals surface area contributed by atoms with E-state index in [0.717, 1.165) is 19.3 Å². The second-order valence-electron chi connectivity index (χ2n) is 4.69. The lowest BCUT2D eigenvalue weighted by molar-refractivity contribution is 0.0696. The molecule has 2 N–H and O–H groups in total. The molecule has 100 valence electrons. The lowest BCUT2D eigenvalue weighted by Crippen LogP contribution is -2.31. The Hall–Kier alpha value is -1.56. The van der Waals surface area contributed by atoms with Crippen molar-refractivity contribution >= 4 is 11.8 Å². The highest BCUT2D eigenvalue weighted by Crippen LogP contribution is 2.27. The third-order valence-corrected chi connectivity index (χ3v) is 3.51. The summed E-state index contributed by atoms with van der Waals surface area (Å²) in [7, 11) is 3.44. The number of anilines is 1. The van der Waals surface area contributed by atoms with E-state index in [1.807, 2.05) is 0 Å². The summed E-state index contributed by atoms with van der Waals surface area (Å²) in [4.78, 5) is 11.3. The number of carboxylic acid groups (broad SMARTS) is 1. The molecule has 6 nitrogen and oxygen atoms in total. The third kappa shape index (κ3) is 2.20. The van der Waals surface area contributed by atoms with Crippen molar-refractivity contribution in [2.45, 2.75) is 38.3 Å². The molecule has 1 fully saturated rings. The summed E-state index contributed by atoms with van der Waals surface area (Å²) >= 11 is 0. The predicted octanol–water partition coefficient (Wildman–Crippen LogP) is 1.41. The first-order valence-electron chi connectivity index (χ1n) is 6.10. The molecule has 18 heavy (non-hydrogen) atoms. The fraction of sp³-hybridized carbons (Fsp3) is 0.667. The number of hydrogen-bond acceptors (Lipinski definition) is 4. The SMILES string of the molecule is COC1CCCC1Nc1c(C(=O)O)c(C)nn1C. The van der Waals surface area contributed by atoms with Crippen LogP contribution in [0.5, 0.6) is 0 Å². The number of aromatic carboxylic acids is 1. The van der Waals surface area contributed by atoms with Gasteiger partial charge in [-0.05, 0) is 26.2 Å². The number of carboxylic acids is 1. The van der Waals surface area contributed by atoms with Crippen molar-refractivity contribution in [2.24, 2.45) is 7.05 Å². The van der Waals surface area contributed by atoms with Crippen molar-refractivity contribution < 1.29 is 14.6 Å². The molecule has 0 aromatic carbocycles. The molecular weight excluding hydrogens is 234 g/mol. The van der Waals surface area contributed by atoms with Gasteiger partial charge in [0, 0.05) is 14.2 Å². The van der Waals surface area contributed by atoms with E-state index >= 15 is 0 Å². The molecule has 0 radical (unpaired) electrons. The van der Waals surface area contributed by atoms with Crippen LogP contribution in [0.4, 0.5) is 5.82 Å². The number of carbonyl (C=O) groups is 1. The van der Waals surface area contributed by atoms with Crippen molar-refractivity contribution in [2.75, 3.05) is 12.4 Å². The van der Waals surface area contributed by atoms with Gasteiger partial charge < -0.3 is 15.2 Å². The van der Waals surface area contributed by atoms with Crippen LogP contribution in [0, 0.1) is 6.92 Å². The maximum atomic E-state index is 11.3. The van der Waals surface area contributed by atoms with Crippen LogP contribution in [-0.2, 0) is 11.8 Å². The van der Waals surface area contributed by atoms with Crippen molar-refractivity contribution in [3.63, 3.8) is 0 Å². The third-order valence-electron chi connectivity index (χ3n) is 3.51. The Kier molecular flexibility index (Phi) is 3.56. The van der Waals surface area contributed by atoms with Gasteiger partial charge in [-0.15, -0.1) is 0 Å². The van der Waals surface area contributed by atoms with E-state index in [1.165, 1.54) is 0 Å². The summed E-state index contributed by atoms with van der Waals surface area (Å²) in [5, 5.41) is 16.7. The highest BCUT2D eigenvalue weighted by Gasteiger charge is 2.30. The van der Waals surface area contributed by atoms with E-state index in [9.17, 15) is 9.90 Å². The van der Waals surface area contributed by atoms with Crippen molar-refractivity contribution in [1.29, 1.82) is 0 Å². The minimum absolute atomic E-state index is 0.141. The summed E-state index contributed by atoms with van der Waals surface area (Å²) in [5.74, 6) is -0.385. The lowest BCUT2D eigenvalue weighted by atomic mass is 10.2. The van der Waals surface area contributed by atoms with Gasteiger partial charge in [-0.25, -0.2) is 4.79 Å². The van der Waals surface area contributed by atoms with Crippen molar-refractivity contribution in [1.82, 2.24) is 9.78 Å². The number of methoxy groups -OCH3 is 1. The van der Waals surface area contributed by atoms with Crippen LogP contribution in [0.3, 0.4) is 0 Å². The highest BCUT2D eigenvalue weighted by atomic mass is 16.5. The van der Waals surface area contributed by atoms with Gasteiger partial charge in [0.15, 0.2) is 0 Å². The molecule has 1 aromatic rings. The molecule has 1 aliphatic carbocycles. The predicted molar refractivity (Wildman–Crippen MR) is 67.0 cm³/mol. The van der Waals surface area contributed by atoms with E-state index in [-0.39, 0.29) is 17.7 Å². The zero-order chi connectivity index (χ0) is 13.3. The summed E-state index contributed by atoms with van der Waals surface area (Å²) < 4.78 is 6.99. The quantitative estimate of drug-likeness (QED) is 0.848. The first-order chi connectivity index (χ1) is 8.54. The summed E-state index contributed by atoms with van der Waals surface area (Å²) in [6.45, 7) is 1.71. The van der Waals surface area contributed by atoms with Gasteiger partial charge in [0.25, 0.3) is 0 Å². The van der Waals surface area contributed by atoms with Gasteiger partial charge in [0.1, 0.15) is 11.4 Å². The van der Waals surface area contributed by atoms with Gasteiger partial charge in [0.2, 0.25) is 0 Å². The number of ether oxygens (including phenoxy) is 1. The second-order valence-corrected chi connectivity index (χ2v) is 4.69. The maximum absolute atomic E-state index is 11.3. The Labute approximate surface area is 106 Å². The average Bonchev–Trinajstić information content (AvgIpc) is 2.84. The average molecular weight is 253 g/mol. The van der Waals surface area contributed by atoms with Crippen LogP contribution >= 0.6 is 0 Å². The molecule has 1 aliphatic rings. The number of aromatic nitrogens is 2. The van der Waals surface area contributed by atoms with Gasteiger partial charge >= 0.3 is 5.97 Å². The van der Waals surface area contributed by atoms with Crippen LogP contribution in [0.2, 0.25) is 0 Å². The smallest absolute Gasteiger partial charge is 0.341 e. The van der Waals surface area contributed by atoms with E-state index in [4.69, 9.17) is 4.74 Å². The molecule has 6 heteroatoms. The van der Waals surface area contributed by atoms with E-state index in [2.05, 4.69) is 10.4 Å². The van der Waals surface area contributed by atoms with Crippen LogP contribution in [0.25, 0.3) is 0 Å². The number of aryl methyl sites for hydroxylation is 2. The van der Waals surface area contributed by atoms with E-state index < -0.39 is 5.97 Å². The Balaban J connectivity index is 2.26. The van der Waals surface area contributed by atoms with Crippen LogP contribution < -0.4 is 5.32 Å². The first kappa shape index (κ1) is 12.9. The van der Waals surface area contributed by atoms with Gasteiger partial charge in [0.05, 0.1) is 17.8 Å². The van der Waals surface area contributed by atoms with Crippen LogP contribution in [-0.4, -0.2) is 40.1 Å². The summed E-state index contributed by atoms with van der Waals surface area (Å²) in [6, 6.07) is 0.155. The molecule has 0 amide bonds. The molecule has 0 spiro atoms. The standard InChI is InChI=1S/C12H19N3O3/c1-7-10(12(16)17)11(15(2)14-7)13-8-5-4-6-9(8)18-3/h8-9,13H,4-6H2,1-3H3,(H,16,17). The number of rotatable bonds is 4. The summed E-state index contributed by atoms with van der Waals surface area (Å²) in [5.41, 5.74) is 0.777. The maximum Gasteiger partial charge on any atom is 0.341 e. The Morgan fingerprint density at radius 1 is 1.56 bits per heavy atom. The minimum Gasteiger partial charge on any atom is -0.477 e. The Bertz CT molecular complexity index is 456. The van der Waals surface area contributed by atoms with Gasteiger partial charge in [-0.3, -0.25) is 4.68 Å². The van der Waals surface area contributed by atoms with E-state index in [0.29, 0.717) is 11.5 Å². The fourth-order valence-corrected chi connectivity index (χ4v) is 2.63. The van der Waals surface area contributed by atoms with E-state index in [1.54, 1.807) is 25.8 Å². The molecule has 0 aliphatic heterocycles. The second kappa shape index (κ2) is 4.97. The molecular formula is C12H19N3O3. The molecule has 1 heterocycles.